The van der Waals surface area contributed by atoms with Crippen molar-refractivity contribution < 1.29 is 9.59 Å². The summed E-state index contributed by atoms with van der Waals surface area (Å²) in [6.45, 7) is 2.92. The number of nitrogens with zero attached hydrogens (tertiary/aromatic N) is 2. The molecule has 39 heavy (non-hydrogen) atoms. The number of rotatable bonds is 11. The van der Waals surface area contributed by atoms with Crippen LogP contribution in [0.1, 0.15) is 95.3 Å². The lowest BCUT2D eigenvalue weighted by Crippen LogP contribution is -2.58. The number of unbranched alkanes of at least 4 members (excludes halogenated alkanes) is 4. The Kier molecular flexibility index (Phi) is 7.86. The van der Waals surface area contributed by atoms with Gasteiger partial charge in [0.2, 0.25) is 11.8 Å². The van der Waals surface area contributed by atoms with Crippen LogP contribution in [-0.2, 0) is 9.59 Å². The standard InChI is InChI=1S/C31H42N4O3S/c1-20-33-24-8-7-9-26(28(24)30(38)35(20)25-10-11-27(36)34-29(25)37)39-13-6-4-2-3-5-12-32-31-17-21-14-22(18-31)16-23(15-21)19-31/h7-9,21-23,25,32H,2-6,10-19H2,1H3,(H,34,36,37). The zero-order valence-corrected chi connectivity index (χ0v) is 24.0. The van der Waals surface area contributed by atoms with Gasteiger partial charge in [0.15, 0.2) is 0 Å². The zero-order valence-electron chi connectivity index (χ0n) is 23.2. The normalized spacial score (nSPS) is 29.8. The number of amides is 2. The van der Waals surface area contributed by atoms with E-state index in [1.807, 2.05) is 18.2 Å². The maximum Gasteiger partial charge on any atom is 0.263 e. The minimum absolute atomic E-state index is 0.193. The van der Waals surface area contributed by atoms with Gasteiger partial charge < -0.3 is 5.32 Å². The second-order valence-electron chi connectivity index (χ2n) is 12.7. The van der Waals surface area contributed by atoms with Crippen molar-refractivity contribution in [1.82, 2.24) is 20.2 Å². The fourth-order valence-corrected chi connectivity index (χ4v) is 9.44. The summed E-state index contributed by atoms with van der Waals surface area (Å²) in [5.74, 6) is 3.76. The van der Waals surface area contributed by atoms with Gasteiger partial charge in [0.25, 0.3) is 5.56 Å². The molecule has 2 amide bonds. The fourth-order valence-electron chi connectivity index (χ4n) is 8.36. The lowest BCUT2D eigenvalue weighted by Gasteiger charge is -2.57. The summed E-state index contributed by atoms with van der Waals surface area (Å²) in [7, 11) is 0. The molecule has 7 nitrogen and oxygen atoms in total. The third kappa shape index (κ3) is 5.69. The summed E-state index contributed by atoms with van der Waals surface area (Å²) in [5.41, 5.74) is 0.952. The Bertz CT molecular complexity index is 1270. The highest BCUT2D eigenvalue weighted by Crippen LogP contribution is 2.55. The first-order chi connectivity index (χ1) is 18.9. The number of fused-ring (bicyclic) bond motifs is 1. The maximum absolute atomic E-state index is 13.6. The summed E-state index contributed by atoms with van der Waals surface area (Å²) in [6.07, 6.45) is 15.5. The van der Waals surface area contributed by atoms with E-state index in [2.05, 4.69) is 15.6 Å². The number of benzene rings is 1. The van der Waals surface area contributed by atoms with Crippen LogP contribution in [0.3, 0.4) is 0 Å². The third-order valence-corrected chi connectivity index (χ3v) is 10.9. The lowest BCUT2D eigenvalue weighted by atomic mass is 9.53. The van der Waals surface area contributed by atoms with Crippen molar-refractivity contribution in [3.05, 3.63) is 34.4 Å². The molecule has 8 heteroatoms. The van der Waals surface area contributed by atoms with Gasteiger partial charge >= 0.3 is 0 Å². The van der Waals surface area contributed by atoms with E-state index >= 15 is 0 Å². The molecule has 1 atom stereocenters. The van der Waals surface area contributed by atoms with Gasteiger partial charge in [-0.05, 0) is 107 Å². The second-order valence-corrected chi connectivity index (χ2v) is 13.8. The van der Waals surface area contributed by atoms with Gasteiger partial charge in [0.1, 0.15) is 11.9 Å². The van der Waals surface area contributed by atoms with Crippen molar-refractivity contribution in [3.63, 3.8) is 0 Å². The van der Waals surface area contributed by atoms with E-state index in [9.17, 15) is 14.4 Å². The van der Waals surface area contributed by atoms with E-state index in [1.54, 1.807) is 18.7 Å². The molecule has 4 aliphatic carbocycles. The van der Waals surface area contributed by atoms with E-state index in [4.69, 9.17) is 0 Å². The fraction of sp³-hybridized carbons (Fsp3) is 0.677. The molecule has 0 radical (unpaired) electrons. The number of nitrogens with one attached hydrogen (secondary N) is 2. The largest absolute Gasteiger partial charge is 0.311 e. The van der Waals surface area contributed by atoms with Gasteiger partial charge in [-0.15, -0.1) is 11.8 Å². The Morgan fingerprint density at radius 2 is 1.69 bits per heavy atom. The first-order valence-corrected chi connectivity index (χ1v) is 16.1. The SMILES string of the molecule is Cc1nc2cccc(SCCCCCCCNC34CC5CC(CC(C5)C3)C4)c2c(=O)n1C1CCC(=O)NC1=O. The number of piperidine rings is 1. The summed E-state index contributed by atoms with van der Waals surface area (Å²) in [5, 5.41) is 6.97. The molecule has 1 saturated heterocycles. The van der Waals surface area contributed by atoms with Crippen LogP contribution in [0.5, 0.6) is 0 Å². The second kappa shape index (κ2) is 11.4. The highest BCUT2D eigenvalue weighted by molar-refractivity contribution is 7.99. The zero-order chi connectivity index (χ0) is 27.0. The van der Waals surface area contributed by atoms with E-state index in [1.165, 1.54) is 75.3 Å². The average Bonchev–Trinajstić information content (AvgIpc) is 2.88. The third-order valence-electron chi connectivity index (χ3n) is 9.71. The molecule has 4 bridgehead atoms. The number of hydrogen-bond acceptors (Lipinski definition) is 6. The summed E-state index contributed by atoms with van der Waals surface area (Å²) < 4.78 is 1.48. The van der Waals surface area contributed by atoms with Gasteiger partial charge in [-0.2, -0.15) is 0 Å². The smallest absolute Gasteiger partial charge is 0.263 e. The number of hydrogen-bond donors (Lipinski definition) is 2. The molecule has 7 rings (SSSR count). The molecule has 210 valence electrons. The molecule has 2 N–H and O–H groups in total. The average molecular weight is 551 g/mol. The van der Waals surface area contributed by atoms with Crippen molar-refractivity contribution in [2.45, 2.75) is 107 Å². The Hall–Kier alpha value is -2.19. The van der Waals surface area contributed by atoms with Gasteiger partial charge in [0.05, 0.1) is 10.9 Å². The Balaban J connectivity index is 0.973. The molecule has 2 heterocycles. The van der Waals surface area contributed by atoms with E-state index in [0.717, 1.165) is 34.8 Å². The highest BCUT2D eigenvalue weighted by atomic mass is 32.2. The van der Waals surface area contributed by atoms with Crippen LogP contribution in [-0.4, -0.2) is 39.2 Å². The van der Waals surface area contributed by atoms with Crippen LogP contribution < -0.4 is 16.2 Å². The monoisotopic (exact) mass is 550 g/mol. The van der Waals surface area contributed by atoms with Crippen LogP contribution >= 0.6 is 11.8 Å². The molecule has 1 unspecified atom stereocenters. The van der Waals surface area contributed by atoms with E-state index < -0.39 is 11.9 Å². The van der Waals surface area contributed by atoms with Crippen LogP contribution in [0.4, 0.5) is 0 Å². The van der Waals surface area contributed by atoms with Crippen LogP contribution in [0, 0.1) is 24.7 Å². The molecule has 0 spiro atoms. The Labute approximate surface area is 235 Å². The molecule has 5 fully saturated rings. The summed E-state index contributed by atoms with van der Waals surface area (Å²) >= 11 is 1.71. The Morgan fingerprint density at radius 1 is 1.00 bits per heavy atom. The van der Waals surface area contributed by atoms with Gasteiger partial charge in [-0.1, -0.05) is 25.3 Å². The van der Waals surface area contributed by atoms with E-state index in [-0.39, 0.29) is 17.9 Å². The lowest BCUT2D eigenvalue weighted by molar-refractivity contribution is -0.135. The van der Waals surface area contributed by atoms with Crippen LogP contribution in [0.25, 0.3) is 10.9 Å². The number of carbonyl (C=O) groups excluding carboxylic acids is 2. The summed E-state index contributed by atoms with van der Waals surface area (Å²) in [6, 6.07) is 5.10. The highest BCUT2D eigenvalue weighted by Gasteiger charge is 2.50. The number of thioether (sulfide) groups is 1. The van der Waals surface area contributed by atoms with Crippen molar-refractivity contribution in [3.8, 4) is 0 Å². The molecule has 1 aliphatic heterocycles. The predicted octanol–water partition coefficient (Wildman–Crippen LogP) is 5.28. The van der Waals surface area contributed by atoms with Crippen molar-refractivity contribution in [2.24, 2.45) is 17.8 Å². The Morgan fingerprint density at radius 3 is 2.41 bits per heavy atom. The molecule has 1 aromatic carbocycles. The molecular weight excluding hydrogens is 508 g/mol. The first kappa shape index (κ1) is 27.0. The van der Waals surface area contributed by atoms with Crippen molar-refractivity contribution in [2.75, 3.05) is 12.3 Å². The van der Waals surface area contributed by atoms with Crippen LogP contribution in [0.2, 0.25) is 0 Å². The van der Waals surface area contributed by atoms with Crippen molar-refractivity contribution in [1.29, 1.82) is 0 Å². The predicted molar refractivity (Wildman–Crippen MR) is 155 cm³/mol. The minimum atomic E-state index is -0.692. The molecular formula is C31H42N4O3S. The molecule has 1 aromatic heterocycles. The summed E-state index contributed by atoms with van der Waals surface area (Å²) in [4.78, 5) is 43.2. The molecule has 2 aromatic rings. The number of imide groups is 1. The molecule has 5 aliphatic rings. The number of aryl methyl sites for hydroxylation is 1. The van der Waals surface area contributed by atoms with Crippen molar-refractivity contribution >= 4 is 34.5 Å². The van der Waals surface area contributed by atoms with E-state index in [0.29, 0.717) is 28.7 Å². The number of aromatic nitrogens is 2. The maximum atomic E-state index is 13.6. The first-order valence-electron chi connectivity index (χ1n) is 15.1. The van der Waals surface area contributed by atoms with Gasteiger partial charge in [-0.3, -0.25) is 24.3 Å². The van der Waals surface area contributed by atoms with Gasteiger partial charge in [0, 0.05) is 16.9 Å². The quantitative estimate of drug-likeness (QED) is 0.225. The van der Waals surface area contributed by atoms with Gasteiger partial charge in [-0.25, -0.2) is 4.98 Å². The topological polar surface area (TPSA) is 93.1 Å². The van der Waals surface area contributed by atoms with Crippen LogP contribution in [0.15, 0.2) is 27.9 Å². The minimum Gasteiger partial charge on any atom is -0.311 e. The molecule has 4 saturated carbocycles. The number of carbonyl (C=O) groups is 2.